The monoisotopic (exact) mass is 427 g/mol. The third kappa shape index (κ3) is 3.53. The molecule has 31 heavy (non-hydrogen) atoms. The average molecular weight is 428 g/mol. The van der Waals surface area contributed by atoms with Crippen molar-refractivity contribution in [2.75, 3.05) is 10.6 Å². The maximum Gasteiger partial charge on any atom is 0.255 e. The van der Waals surface area contributed by atoms with Crippen molar-refractivity contribution in [2.24, 2.45) is 0 Å². The summed E-state index contributed by atoms with van der Waals surface area (Å²) in [6, 6.07) is 21.1. The number of rotatable bonds is 4. The van der Waals surface area contributed by atoms with Crippen LogP contribution in [0.4, 0.5) is 11.6 Å². The molecule has 0 radical (unpaired) electrons. The second kappa shape index (κ2) is 7.85. The predicted molar refractivity (Wildman–Crippen MR) is 124 cm³/mol. The highest BCUT2D eigenvalue weighted by atomic mass is 32.1. The molecule has 0 aliphatic carbocycles. The van der Waals surface area contributed by atoms with Crippen LogP contribution in [0.25, 0.3) is 11.4 Å². The van der Waals surface area contributed by atoms with Crippen molar-refractivity contribution >= 4 is 28.9 Å². The van der Waals surface area contributed by atoms with Crippen LogP contribution >= 0.6 is 11.3 Å². The Morgan fingerprint density at radius 2 is 1.74 bits per heavy atom. The molecule has 0 bridgehead atoms. The number of hydrogen-bond donors (Lipinski definition) is 2. The van der Waals surface area contributed by atoms with Crippen LogP contribution in [0.1, 0.15) is 23.4 Å². The quantitative estimate of drug-likeness (QED) is 0.467. The summed E-state index contributed by atoms with van der Waals surface area (Å²) in [5.74, 6) is 1.10. The number of aryl methyl sites for hydroxylation is 1. The molecule has 2 N–H and O–H groups in total. The molecule has 1 aliphatic rings. The number of carbonyl (C=O) groups excluding carboxylic acids is 1. The molecule has 4 aromatic rings. The molecular weight excluding hydrogens is 406 g/mol. The molecule has 0 saturated carbocycles. The number of nitrogens with one attached hydrogen (secondary N) is 2. The van der Waals surface area contributed by atoms with Gasteiger partial charge in [0.25, 0.3) is 5.91 Å². The molecule has 3 heterocycles. The van der Waals surface area contributed by atoms with Gasteiger partial charge >= 0.3 is 0 Å². The molecule has 0 fully saturated rings. The number of benzene rings is 2. The highest BCUT2D eigenvalue weighted by Crippen LogP contribution is 2.40. The molecule has 2 aromatic carbocycles. The minimum absolute atomic E-state index is 0.156. The Balaban J connectivity index is 1.61. The van der Waals surface area contributed by atoms with Crippen LogP contribution in [-0.2, 0) is 4.79 Å². The highest BCUT2D eigenvalue weighted by Gasteiger charge is 2.35. The van der Waals surface area contributed by atoms with Gasteiger partial charge < -0.3 is 10.6 Å². The van der Waals surface area contributed by atoms with Crippen molar-refractivity contribution < 1.29 is 4.79 Å². The summed E-state index contributed by atoms with van der Waals surface area (Å²) in [7, 11) is 0. The molecule has 2 aromatic heterocycles. The van der Waals surface area contributed by atoms with Gasteiger partial charge in [0, 0.05) is 21.8 Å². The van der Waals surface area contributed by atoms with Crippen LogP contribution in [0.2, 0.25) is 0 Å². The number of amides is 1. The Bertz CT molecular complexity index is 1270. The molecule has 1 atom stereocenters. The van der Waals surface area contributed by atoms with Crippen molar-refractivity contribution in [1.82, 2.24) is 14.8 Å². The molecule has 1 unspecified atom stereocenters. The second-order valence-electron chi connectivity index (χ2n) is 7.42. The van der Waals surface area contributed by atoms with Gasteiger partial charge in [-0.15, -0.1) is 16.4 Å². The van der Waals surface area contributed by atoms with Gasteiger partial charge in [0.1, 0.15) is 6.04 Å². The summed E-state index contributed by atoms with van der Waals surface area (Å²) < 4.78 is 1.83. The predicted octanol–water partition coefficient (Wildman–Crippen LogP) is 5.24. The number of nitrogens with zero attached hydrogens (tertiary/aromatic N) is 3. The van der Waals surface area contributed by atoms with E-state index < -0.39 is 0 Å². The summed E-state index contributed by atoms with van der Waals surface area (Å²) >= 11 is 1.62. The Labute approximate surface area is 184 Å². The van der Waals surface area contributed by atoms with Crippen LogP contribution in [0.5, 0.6) is 0 Å². The van der Waals surface area contributed by atoms with E-state index in [0.717, 1.165) is 27.4 Å². The van der Waals surface area contributed by atoms with Crippen LogP contribution in [0.15, 0.2) is 83.4 Å². The number of anilines is 2. The summed E-state index contributed by atoms with van der Waals surface area (Å²) in [5, 5.41) is 13.2. The van der Waals surface area contributed by atoms with Gasteiger partial charge in [-0.2, -0.15) is 4.98 Å². The van der Waals surface area contributed by atoms with Gasteiger partial charge in [-0.05, 0) is 43.0 Å². The molecule has 6 nitrogen and oxygen atoms in total. The third-order valence-electron chi connectivity index (χ3n) is 5.31. The average Bonchev–Trinajstić information content (AvgIpc) is 3.40. The van der Waals surface area contributed by atoms with Crippen molar-refractivity contribution in [3.05, 3.63) is 93.8 Å². The molecule has 0 saturated heterocycles. The van der Waals surface area contributed by atoms with E-state index >= 15 is 0 Å². The lowest BCUT2D eigenvalue weighted by Gasteiger charge is -2.28. The van der Waals surface area contributed by atoms with Crippen LogP contribution in [0.3, 0.4) is 0 Å². The van der Waals surface area contributed by atoms with Gasteiger partial charge in [-0.1, -0.05) is 48.5 Å². The van der Waals surface area contributed by atoms with Crippen molar-refractivity contribution in [1.29, 1.82) is 0 Å². The van der Waals surface area contributed by atoms with E-state index in [2.05, 4.69) is 23.6 Å². The lowest BCUT2D eigenvalue weighted by Crippen LogP contribution is -2.31. The summed E-state index contributed by atoms with van der Waals surface area (Å²) in [6.45, 7) is 3.97. The molecule has 154 valence electrons. The zero-order valence-corrected chi connectivity index (χ0v) is 18.0. The number of thiophene rings is 1. The van der Waals surface area contributed by atoms with E-state index in [0.29, 0.717) is 17.3 Å². The Morgan fingerprint density at radius 1 is 1.03 bits per heavy atom. The van der Waals surface area contributed by atoms with Gasteiger partial charge in [0.2, 0.25) is 5.95 Å². The molecule has 0 spiro atoms. The van der Waals surface area contributed by atoms with Crippen molar-refractivity contribution in [3.63, 3.8) is 0 Å². The van der Waals surface area contributed by atoms with Crippen LogP contribution in [-0.4, -0.2) is 20.7 Å². The van der Waals surface area contributed by atoms with E-state index in [1.54, 1.807) is 11.3 Å². The molecule has 1 aliphatic heterocycles. The number of fused-ring (bicyclic) bond motifs is 1. The molecule has 1 amide bonds. The first-order valence-electron chi connectivity index (χ1n) is 10.0. The number of hydrogen-bond acceptors (Lipinski definition) is 5. The molecule has 7 heteroatoms. The molecular formula is C24H21N5OS. The maximum absolute atomic E-state index is 13.4. The fraction of sp³-hybridized carbons (Fsp3) is 0.125. The molecule has 5 rings (SSSR count). The summed E-state index contributed by atoms with van der Waals surface area (Å²) in [5.41, 5.74) is 4.21. The highest BCUT2D eigenvalue weighted by molar-refractivity contribution is 7.10. The maximum atomic E-state index is 13.4. The van der Waals surface area contributed by atoms with Crippen LogP contribution in [0, 0.1) is 6.92 Å². The first kappa shape index (κ1) is 19.3. The Morgan fingerprint density at radius 3 is 2.42 bits per heavy atom. The number of para-hydroxylation sites is 1. The number of allylic oxidation sites excluding steroid dienone is 1. The first-order chi connectivity index (χ1) is 15.1. The van der Waals surface area contributed by atoms with E-state index in [1.807, 2.05) is 77.6 Å². The van der Waals surface area contributed by atoms with Gasteiger partial charge in [-0.3, -0.25) is 4.79 Å². The minimum atomic E-state index is -0.357. The first-order valence-corrected chi connectivity index (χ1v) is 10.9. The number of carbonyl (C=O) groups is 1. The third-order valence-corrected chi connectivity index (χ3v) is 6.38. The SMILES string of the molecule is CC1=C(C(=O)Nc2ccccc2)C(c2sccc2C)n2nc(-c3ccccc3)nc2N1. The van der Waals surface area contributed by atoms with Gasteiger partial charge in [0.05, 0.1) is 5.57 Å². The largest absolute Gasteiger partial charge is 0.328 e. The normalized spacial score (nSPS) is 15.4. The van der Waals surface area contributed by atoms with E-state index in [1.165, 1.54) is 0 Å². The summed E-state index contributed by atoms with van der Waals surface area (Å²) in [4.78, 5) is 19.2. The van der Waals surface area contributed by atoms with E-state index in [4.69, 9.17) is 10.1 Å². The zero-order valence-electron chi connectivity index (χ0n) is 17.2. The number of aromatic nitrogens is 3. The lowest BCUT2D eigenvalue weighted by atomic mass is 9.99. The minimum Gasteiger partial charge on any atom is -0.328 e. The summed E-state index contributed by atoms with van der Waals surface area (Å²) in [6.07, 6.45) is 0. The van der Waals surface area contributed by atoms with Crippen molar-refractivity contribution in [3.8, 4) is 11.4 Å². The Kier molecular flexibility index (Phi) is 4.88. The van der Waals surface area contributed by atoms with Gasteiger partial charge in [-0.25, -0.2) is 4.68 Å². The smallest absolute Gasteiger partial charge is 0.255 e. The standard InChI is InChI=1S/C24H21N5OS/c1-15-13-14-31-21(15)20-19(23(30)26-18-11-7-4-8-12-18)16(2)25-24-27-22(28-29(20)24)17-9-5-3-6-10-17/h3-14,20H,1-2H3,(H,26,30)(H,25,27,28). The van der Waals surface area contributed by atoms with Crippen LogP contribution < -0.4 is 10.6 Å². The Hall–Kier alpha value is -3.71. The van der Waals surface area contributed by atoms with E-state index in [-0.39, 0.29) is 11.9 Å². The topological polar surface area (TPSA) is 71.8 Å². The zero-order chi connectivity index (χ0) is 21.4. The fourth-order valence-electron chi connectivity index (χ4n) is 3.78. The van der Waals surface area contributed by atoms with Crippen molar-refractivity contribution in [2.45, 2.75) is 19.9 Å². The van der Waals surface area contributed by atoms with Gasteiger partial charge in [0.15, 0.2) is 5.82 Å². The second-order valence-corrected chi connectivity index (χ2v) is 8.37. The van der Waals surface area contributed by atoms with E-state index in [9.17, 15) is 4.79 Å². The lowest BCUT2D eigenvalue weighted by molar-refractivity contribution is -0.113. The fourth-order valence-corrected chi connectivity index (χ4v) is 4.80.